The van der Waals surface area contributed by atoms with Gasteiger partial charge in [0.15, 0.2) is 6.10 Å². The highest BCUT2D eigenvalue weighted by atomic mass is 16.5. The second kappa shape index (κ2) is 9.34. The molecule has 3 aromatic carbocycles. The molecular weight excluding hydrogens is 406 g/mol. The van der Waals surface area contributed by atoms with Gasteiger partial charge in [0.2, 0.25) is 0 Å². The van der Waals surface area contributed by atoms with Crippen LogP contribution in [0.3, 0.4) is 0 Å². The monoisotopic (exact) mass is 429 g/mol. The van der Waals surface area contributed by atoms with E-state index >= 15 is 0 Å². The normalized spacial score (nSPS) is 11.7. The van der Waals surface area contributed by atoms with Crippen LogP contribution in [-0.4, -0.2) is 34.6 Å². The van der Waals surface area contributed by atoms with Gasteiger partial charge in [0, 0.05) is 11.3 Å². The van der Waals surface area contributed by atoms with Gasteiger partial charge in [-0.05, 0) is 56.3 Å². The quantitative estimate of drug-likeness (QED) is 0.411. The Kier molecular flexibility index (Phi) is 6.17. The number of esters is 1. The molecule has 1 amide bonds. The fraction of sp³-hybridized carbons (Fsp3) is 0.160. The van der Waals surface area contributed by atoms with E-state index in [1.165, 1.54) is 6.92 Å². The summed E-state index contributed by atoms with van der Waals surface area (Å²) < 4.78 is 10.7. The number of anilines is 1. The molecule has 7 nitrogen and oxygen atoms in total. The van der Waals surface area contributed by atoms with Gasteiger partial charge in [-0.1, -0.05) is 30.3 Å². The molecule has 1 aromatic heterocycles. The van der Waals surface area contributed by atoms with Gasteiger partial charge in [0.25, 0.3) is 5.91 Å². The third-order valence-corrected chi connectivity index (χ3v) is 4.85. The van der Waals surface area contributed by atoms with Crippen molar-refractivity contribution in [3.63, 3.8) is 0 Å². The standard InChI is InChI=1S/C25H23N3O4/c1-3-31-20-12-10-19(11-13-20)26-24(29)16(2)32-25(30)18-9-14-21-22(15-18)28-23(27-21)17-7-5-4-6-8-17/h4-16H,3H2,1-2H3,(H,26,29)(H,27,28). The zero-order valence-electron chi connectivity index (χ0n) is 17.8. The number of hydrogen-bond acceptors (Lipinski definition) is 5. The number of aromatic nitrogens is 2. The molecular formula is C25H23N3O4. The summed E-state index contributed by atoms with van der Waals surface area (Å²) in [5, 5.41) is 2.73. The summed E-state index contributed by atoms with van der Waals surface area (Å²) in [5.74, 6) is 0.428. The number of nitrogens with one attached hydrogen (secondary N) is 2. The lowest BCUT2D eigenvalue weighted by molar-refractivity contribution is -0.123. The first kappa shape index (κ1) is 21.1. The predicted octanol–water partition coefficient (Wildman–Crippen LogP) is 4.81. The van der Waals surface area contributed by atoms with Crippen LogP contribution in [-0.2, 0) is 9.53 Å². The van der Waals surface area contributed by atoms with Crippen molar-refractivity contribution in [2.75, 3.05) is 11.9 Å². The summed E-state index contributed by atoms with van der Waals surface area (Å²) in [6.07, 6.45) is -0.966. The average Bonchev–Trinajstić information content (AvgIpc) is 3.24. The summed E-state index contributed by atoms with van der Waals surface area (Å²) >= 11 is 0. The van der Waals surface area contributed by atoms with Crippen LogP contribution in [0, 0.1) is 0 Å². The number of carbonyl (C=O) groups is 2. The molecule has 1 unspecified atom stereocenters. The van der Waals surface area contributed by atoms with Gasteiger partial charge >= 0.3 is 5.97 Å². The molecule has 0 aliphatic carbocycles. The average molecular weight is 429 g/mol. The first-order valence-electron chi connectivity index (χ1n) is 10.3. The Labute approximate surface area is 185 Å². The maximum atomic E-state index is 12.6. The van der Waals surface area contributed by atoms with Crippen molar-refractivity contribution in [1.82, 2.24) is 9.97 Å². The van der Waals surface area contributed by atoms with E-state index in [0.717, 1.165) is 16.8 Å². The van der Waals surface area contributed by atoms with Crippen LogP contribution < -0.4 is 10.1 Å². The minimum absolute atomic E-state index is 0.335. The van der Waals surface area contributed by atoms with Crippen molar-refractivity contribution < 1.29 is 19.1 Å². The van der Waals surface area contributed by atoms with Crippen LogP contribution in [0.4, 0.5) is 5.69 Å². The van der Waals surface area contributed by atoms with Gasteiger partial charge in [-0.3, -0.25) is 4.79 Å². The van der Waals surface area contributed by atoms with Crippen molar-refractivity contribution in [1.29, 1.82) is 0 Å². The number of imidazole rings is 1. The van der Waals surface area contributed by atoms with E-state index < -0.39 is 18.0 Å². The number of rotatable bonds is 7. The van der Waals surface area contributed by atoms with Gasteiger partial charge in [-0.2, -0.15) is 0 Å². The van der Waals surface area contributed by atoms with E-state index in [1.54, 1.807) is 42.5 Å². The lowest BCUT2D eigenvalue weighted by Crippen LogP contribution is -2.30. The molecule has 1 atom stereocenters. The lowest BCUT2D eigenvalue weighted by Gasteiger charge is -2.14. The van der Waals surface area contributed by atoms with E-state index in [2.05, 4.69) is 15.3 Å². The smallest absolute Gasteiger partial charge is 0.338 e. The van der Waals surface area contributed by atoms with Crippen molar-refractivity contribution in [3.8, 4) is 17.1 Å². The van der Waals surface area contributed by atoms with Crippen LogP contribution in [0.2, 0.25) is 0 Å². The van der Waals surface area contributed by atoms with Crippen LogP contribution in [0.5, 0.6) is 5.75 Å². The number of aromatic amines is 1. The number of amides is 1. The summed E-state index contributed by atoms with van der Waals surface area (Å²) in [7, 11) is 0. The molecule has 0 aliphatic heterocycles. The number of benzene rings is 3. The summed E-state index contributed by atoms with van der Waals surface area (Å²) in [4.78, 5) is 32.8. The van der Waals surface area contributed by atoms with Crippen LogP contribution in [0.15, 0.2) is 72.8 Å². The largest absolute Gasteiger partial charge is 0.494 e. The number of carbonyl (C=O) groups excluding carboxylic acids is 2. The van der Waals surface area contributed by atoms with Gasteiger partial charge in [0.1, 0.15) is 11.6 Å². The molecule has 162 valence electrons. The SMILES string of the molecule is CCOc1ccc(NC(=O)C(C)OC(=O)c2ccc3nc(-c4ccccc4)[nH]c3c2)cc1. The number of ether oxygens (including phenoxy) is 2. The number of nitrogens with zero attached hydrogens (tertiary/aromatic N) is 1. The Hall–Kier alpha value is -4.13. The first-order chi connectivity index (χ1) is 15.5. The third-order valence-electron chi connectivity index (χ3n) is 4.85. The number of fused-ring (bicyclic) bond motifs is 1. The second-order valence-electron chi connectivity index (χ2n) is 7.18. The number of H-pyrrole nitrogens is 1. The molecule has 32 heavy (non-hydrogen) atoms. The Morgan fingerprint density at radius 1 is 1.03 bits per heavy atom. The minimum atomic E-state index is -0.966. The van der Waals surface area contributed by atoms with E-state index in [9.17, 15) is 9.59 Å². The lowest BCUT2D eigenvalue weighted by atomic mass is 10.2. The van der Waals surface area contributed by atoms with E-state index in [-0.39, 0.29) is 0 Å². The predicted molar refractivity (Wildman–Crippen MR) is 123 cm³/mol. The maximum absolute atomic E-state index is 12.6. The highest BCUT2D eigenvalue weighted by molar-refractivity contribution is 5.98. The minimum Gasteiger partial charge on any atom is -0.494 e. The van der Waals surface area contributed by atoms with Crippen LogP contribution in [0.25, 0.3) is 22.4 Å². The first-order valence-corrected chi connectivity index (χ1v) is 10.3. The zero-order chi connectivity index (χ0) is 22.5. The van der Waals surface area contributed by atoms with Gasteiger partial charge in [-0.15, -0.1) is 0 Å². The molecule has 1 heterocycles. The van der Waals surface area contributed by atoms with Crippen LogP contribution in [0.1, 0.15) is 24.2 Å². The van der Waals surface area contributed by atoms with Gasteiger partial charge < -0.3 is 19.8 Å². The van der Waals surface area contributed by atoms with Gasteiger partial charge in [0.05, 0.1) is 23.2 Å². The summed E-state index contributed by atoms with van der Waals surface area (Å²) in [6.45, 7) is 4.00. The fourth-order valence-electron chi connectivity index (χ4n) is 3.20. The molecule has 0 fully saturated rings. The molecule has 4 aromatic rings. The number of hydrogen-bond donors (Lipinski definition) is 2. The molecule has 0 saturated carbocycles. The summed E-state index contributed by atoms with van der Waals surface area (Å²) in [5.41, 5.74) is 3.33. The van der Waals surface area contributed by atoms with Gasteiger partial charge in [-0.25, -0.2) is 9.78 Å². The second-order valence-corrected chi connectivity index (χ2v) is 7.18. The molecule has 4 rings (SSSR count). The molecule has 7 heteroatoms. The van der Waals surface area contributed by atoms with E-state index in [0.29, 0.717) is 29.2 Å². The van der Waals surface area contributed by atoms with Crippen molar-refractivity contribution in [2.45, 2.75) is 20.0 Å². The molecule has 0 spiro atoms. The third kappa shape index (κ3) is 4.78. The van der Waals surface area contributed by atoms with Crippen molar-refractivity contribution in [3.05, 3.63) is 78.4 Å². The Morgan fingerprint density at radius 3 is 2.50 bits per heavy atom. The molecule has 0 aliphatic rings. The molecule has 0 saturated heterocycles. The fourth-order valence-corrected chi connectivity index (χ4v) is 3.20. The van der Waals surface area contributed by atoms with Crippen molar-refractivity contribution >= 4 is 28.6 Å². The highest BCUT2D eigenvalue weighted by Gasteiger charge is 2.20. The molecule has 0 radical (unpaired) electrons. The zero-order valence-corrected chi connectivity index (χ0v) is 17.8. The van der Waals surface area contributed by atoms with Crippen molar-refractivity contribution in [2.24, 2.45) is 0 Å². The topological polar surface area (TPSA) is 93.3 Å². The molecule has 0 bridgehead atoms. The Morgan fingerprint density at radius 2 is 1.78 bits per heavy atom. The van der Waals surface area contributed by atoms with E-state index in [1.807, 2.05) is 37.3 Å². The van der Waals surface area contributed by atoms with Crippen LogP contribution >= 0.6 is 0 Å². The Balaban J connectivity index is 1.41. The van der Waals surface area contributed by atoms with E-state index in [4.69, 9.17) is 9.47 Å². The Bertz CT molecular complexity index is 1230. The maximum Gasteiger partial charge on any atom is 0.338 e. The summed E-state index contributed by atoms with van der Waals surface area (Å²) in [6, 6.07) is 21.8. The highest BCUT2D eigenvalue weighted by Crippen LogP contribution is 2.22. The molecule has 2 N–H and O–H groups in total.